The molecule has 0 aromatic heterocycles. The number of ether oxygens (including phenoxy) is 1. The largest absolute Gasteiger partial charge is 0.494 e. The first-order chi connectivity index (χ1) is 9.35. The summed E-state index contributed by atoms with van der Waals surface area (Å²) in [5.74, 6) is -2.80. The molecule has 0 bridgehead atoms. The van der Waals surface area contributed by atoms with Crippen molar-refractivity contribution in [2.75, 3.05) is 20.2 Å². The van der Waals surface area contributed by atoms with E-state index in [4.69, 9.17) is 14.9 Å². The van der Waals surface area contributed by atoms with Crippen molar-refractivity contribution < 1.29 is 28.9 Å². The maximum Gasteiger partial charge on any atom is 0.317 e. The molecule has 0 aliphatic rings. The predicted molar refractivity (Wildman–Crippen MR) is 68.2 cm³/mol. The molecule has 0 spiro atoms. The summed E-state index contributed by atoms with van der Waals surface area (Å²) in [5, 5.41) is 17.6. The fourth-order valence-electron chi connectivity index (χ4n) is 1.83. The summed E-state index contributed by atoms with van der Waals surface area (Å²) in [7, 11) is 1.34. The summed E-state index contributed by atoms with van der Waals surface area (Å²) in [5.41, 5.74) is 0.478. The average Bonchev–Trinajstić information content (AvgIpc) is 2.35. The van der Waals surface area contributed by atoms with Crippen LogP contribution < -0.4 is 4.74 Å². The lowest BCUT2D eigenvalue weighted by atomic mass is 10.1. The molecule has 0 aliphatic heterocycles. The molecule has 1 aromatic carbocycles. The zero-order valence-corrected chi connectivity index (χ0v) is 11.2. The lowest BCUT2D eigenvalue weighted by Gasteiger charge is -2.26. The van der Waals surface area contributed by atoms with Crippen LogP contribution in [-0.4, -0.2) is 47.3 Å². The molecule has 1 rings (SSSR count). The van der Waals surface area contributed by atoms with Gasteiger partial charge in [-0.15, -0.1) is 0 Å². The van der Waals surface area contributed by atoms with Gasteiger partial charge in [0.1, 0.15) is 0 Å². The molecule has 0 radical (unpaired) electrons. The second kappa shape index (κ2) is 6.85. The number of carbonyl (C=O) groups is 2. The van der Waals surface area contributed by atoms with Crippen LogP contribution in [0.5, 0.6) is 5.75 Å². The van der Waals surface area contributed by atoms with Crippen molar-refractivity contribution in [3.05, 3.63) is 29.6 Å². The molecule has 110 valence electrons. The van der Waals surface area contributed by atoms with Gasteiger partial charge in [-0.25, -0.2) is 4.39 Å². The van der Waals surface area contributed by atoms with Crippen molar-refractivity contribution in [1.29, 1.82) is 0 Å². The number of hydrogen-bond donors (Lipinski definition) is 2. The average molecular weight is 285 g/mol. The van der Waals surface area contributed by atoms with E-state index in [1.165, 1.54) is 24.1 Å². The van der Waals surface area contributed by atoms with Crippen LogP contribution in [0, 0.1) is 5.82 Å². The molecule has 0 aliphatic carbocycles. The smallest absolute Gasteiger partial charge is 0.317 e. The predicted octanol–water partition coefficient (Wildman–Crippen LogP) is 1.37. The van der Waals surface area contributed by atoms with Gasteiger partial charge in [0.05, 0.1) is 20.2 Å². The molecule has 0 saturated heterocycles. The topological polar surface area (TPSA) is 87.1 Å². The van der Waals surface area contributed by atoms with Crippen LogP contribution >= 0.6 is 0 Å². The standard InChI is InChI=1S/C13H16FNO5/c1-8(15(6-12(16)17)7-13(18)19)9-3-4-11(20-2)10(14)5-9/h3-5,8H,6-7H2,1-2H3,(H,16,17)(H,18,19). The van der Waals surface area contributed by atoms with Crippen LogP contribution in [0.1, 0.15) is 18.5 Å². The first kappa shape index (κ1) is 15.9. The fourth-order valence-corrected chi connectivity index (χ4v) is 1.83. The van der Waals surface area contributed by atoms with Crippen molar-refractivity contribution >= 4 is 11.9 Å². The van der Waals surface area contributed by atoms with Crippen LogP contribution in [0.2, 0.25) is 0 Å². The Bertz CT molecular complexity index is 490. The van der Waals surface area contributed by atoms with Crippen LogP contribution in [0.3, 0.4) is 0 Å². The molecule has 0 heterocycles. The highest BCUT2D eigenvalue weighted by Gasteiger charge is 2.21. The van der Waals surface area contributed by atoms with Crippen molar-refractivity contribution in [1.82, 2.24) is 4.90 Å². The molecule has 6 nitrogen and oxygen atoms in total. The highest BCUT2D eigenvalue weighted by Crippen LogP contribution is 2.25. The number of carboxylic acids is 2. The molecule has 7 heteroatoms. The summed E-state index contributed by atoms with van der Waals surface area (Å²) in [4.78, 5) is 22.8. The second-order valence-electron chi connectivity index (χ2n) is 4.26. The maximum absolute atomic E-state index is 13.6. The minimum atomic E-state index is -1.15. The van der Waals surface area contributed by atoms with Gasteiger partial charge in [0, 0.05) is 6.04 Å². The van der Waals surface area contributed by atoms with Crippen LogP contribution in [-0.2, 0) is 9.59 Å². The Morgan fingerprint density at radius 1 is 1.30 bits per heavy atom. The minimum absolute atomic E-state index is 0.0731. The highest BCUT2D eigenvalue weighted by atomic mass is 19.1. The van der Waals surface area contributed by atoms with Gasteiger partial charge in [-0.05, 0) is 24.6 Å². The van der Waals surface area contributed by atoms with Gasteiger partial charge in [0.25, 0.3) is 0 Å². The first-order valence-corrected chi connectivity index (χ1v) is 5.86. The second-order valence-corrected chi connectivity index (χ2v) is 4.26. The number of carboxylic acid groups (broad SMARTS) is 2. The molecule has 1 unspecified atom stereocenters. The Morgan fingerprint density at radius 2 is 1.85 bits per heavy atom. The Balaban J connectivity index is 2.98. The molecule has 20 heavy (non-hydrogen) atoms. The molecule has 1 aromatic rings. The zero-order valence-electron chi connectivity index (χ0n) is 11.2. The number of halogens is 1. The Kier molecular flexibility index (Phi) is 5.45. The Labute approximate surface area is 115 Å². The fraction of sp³-hybridized carbons (Fsp3) is 0.385. The van der Waals surface area contributed by atoms with Crippen molar-refractivity contribution in [2.24, 2.45) is 0 Å². The van der Waals surface area contributed by atoms with E-state index in [9.17, 15) is 14.0 Å². The van der Waals surface area contributed by atoms with Gasteiger partial charge in [-0.3, -0.25) is 14.5 Å². The van der Waals surface area contributed by atoms with Crippen molar-refractivity contribution in [3.63, 3.8) is 0 Å². The zero-order chi connectivity index (χ0) is 15.3. The minimum Gasteiger partial charge on any atom is -0.494 e. The van der Waals surface area contributed by atoms with E-state index < -0.39 is 36.9 Å². The lowest BCUT2D eigenvalue weighted by Crippen LogP contribution is -2.36. The molecule has 0 saturated carbocycles. The first-order valence-electron chi connectivity index (χ1n) is 5.86. The monoisotopic (exact) mass is 285 g/mol. The summed E-state index contributed by atoms with van der Waals surface area (Å²) < 4.78 is 18.4. The van der Waals surface area contributed by atoms with Crippen LogP contribution in [0.4, 0.5) is 4.39 Å². The van der Waals surface area contributed by atoms with Gasteiger partial charge in [-0.1, -0.05) is 6.07 Å². The number of benzene rings is 1. The Hall–Kier alpha value is -2.15. The SMILES string of the molecule is COc1ccc(C(C)N(CC(=O)O)CC(=O)O)cc1F. The number of nitrogens with zero attached hydrogens (tertiary/aromatic N) is 1. The third-order valence-electron chi connectivity index (χ3n) is 2.88. The van der Waals surface area contributed by atoms with E-state index in [2.05, 4.69) is 0 Å². The number of aliphatic carboxylic acids is 2. The summed E-state index contributed by atoms with van der Waals surface area (Å²) in [6.45, 7) is 0.732. The number of rotatable bonds is 7. The van der Waals surface area contributed by atoms with Crippen LogP contribution in [0.25, 0.3) is 0 Å². The molecular weight excluding hydrogens is 269 g/mol. The van der Waals surface area contributed by atoms with Gasteiger partial charge in [-0.2, -0.15) is 0 Å². The highest BCUT2D eigenvalue weighted by molar-refractivity contribution is 5.72. The van der Waals surface area contributed by atoms with Crippen LogP contribution in [0.15, 0.2) is 18.2 Å². The van der Waals surface area contributed by atoms with E-state index in [1.807, 2.05) is 0 Å². The molecule has 2 N–H and O–H groups in total. The summed E-state index contributed by atoms with van der Waals surface area (Å²) in [6, 6.07) is 3.65. The van der Waals surface area contributed by atoms with E-state index in [1.54, 1.807) is 13.0 Å². The normalized spacial score (nSPS) is 12.2. The van der Waals surface area contributed by atoms with E-state index in [0.29, 0.717) is 5.56 Å². The third kappa shape index (κ3) is 4.20. The van der Waals surface area contributed by atoms with Gasteiger partial charge in [0.2, 0.25) is 0 Å². The van der Waals surface area contributed by atoms with E-state index in [0.717, 1.165) is 0 Å². The summed E-state index contributed by atoms with van der Waals surface area (Å²) >= 11 is 0. The molecule has 1 atom stereocenters. The van der Waals surface area contributed by atoms with Gasteiger partial charge < -0.3 is 14.9 Å². The van der Waals surface area contributed by atoms with Gasteiger partial charge >= 0.3 is 11.9 Å². The maximum atomic E-state index is 13.6. The quantitative estimate of drug-likeness (QED) is 0.786. The summed E-state index contributed by atoms with van der Waals surface area (Å²) in [6.07, 6.45) is 0. The van der Waals surface area contributed by atoms with E-state index >= 15 is 0 Å². The number of methoxy groups -OCH3 is 1. The molecule has 0 amide bonds. The van der Waals surface area contributed by atoms with Gasteiger partial charge in [0.15, 0.2) is 11.6 Å². The van der Waals surface area contributed by atoms with E-state index in [-0.39, 0.29) is 5.75 Å². The molecular formula is C13H16FNO5. The number of hydrogen-bond acceptors (Lipinski definition) is 4. The van der Waals surface area contributed by atoms with Crippen molar-refractivity contribution in [3.8, 4) is 5.75 Å². The lowest BCUT2D eigenvalue weighted by molar-refractivity contribution is -0.142. The third-order valence-corrected chi connectivity index (χ3v) is 2.88. The van der Waals surface area contributed by atoms with Crippen molar-refractivity contribution in [2.45, 2.75) is 13.0 Å². The Morgan fingerprint density at radius 3 is 2.25 bits per heavy atom. The molecule has 0 fully saturated rings.